The lowest BCUT2D eigenvalue weighted by Gasteiger charge is -2.32. The van der Waals surface area contributed by atoms with Crippen LogP contribution in [0.4, 0.5) is 11.4 Å². The molecule has 2 aliphatic rings. The number of piperidine rings is 1. The molecule has 0 bridgehead atoms. The molecule has 3 aromatic rings. The molecule has 2 fully saturated rings. The smallest absolute Gasteiger partial charge is 0.300 e. The zero-order valence-corrected chi connectivity index (χ0v) is 22.6. The highest BCUT2D eigenvalue weighted by molar-refractivity contribution is 6.51. The predicted octanol–water partition coefficient (Wildman–Crippen LogP) is 6.71. The van der Waals surface area contributed by atoms with Gasteiger partial charge in [0.25, 0.3) is 11.7 Å². The zero-order chi connectivity index (χ0) is 27.4. The Hall–Kier alpha value is -4.00. The molecule has 1 atom stereocenters. The summed E-state index contributed by atoms with van der Waals surface area (Å²) < 4.78 is 11.4. The van der Waals surface area contributed by atoms with Crippen LogP contribution in [0.5, 0.6) is 5.75 Å². The van der Waals surface area contributed by atoms with E-state index in [-0.39, 0.29) is 11.3 Å². The van der Waals surface area contributed by atoms with Gasteiger partial charge in [0.1, 0.15) is 23.3 Å². The Labute approximate surface area is 229 Å². The van der Waals surface area contributed by atoms with Crippen molar-refractivity contribution in [3.05, 3.63) is 83.8 Å². The van der Waals surface area contributed by atoms with Crippen molar-refractivity contribution in [2.24, 2.45) is 5.92 Å². The van der Waals surface area contributed by atoms with Crippen LogP contribution in [0, 0.1) is 5.92 Å². The summed E-state index contributed by atoms with van der Waals surface area (Å²) in [6.45, 7) is 7.04. The zero-order valence-electron chi connectivity index (χ0n) is 22.6. The van der Waals surface area contributed by atoms with Gasteiger partial charge in [0, 0.05) is 30.0 Å². The number of ether oxygens (including phenoxy) is 1. The van der Waals surface area contributed by atoms with E-state index in [0.29, 0.717) is 29.4 Å². The number of Topliss-reactive ketones (excluding diaryl/α,β-unsaturated/α-hetero) is 1. The summed E-state index contributed by atoms with van der Waals surface area (Å²) in [7, 11) is 0. The third-order valence-electron chi connectivity index (χ3n) is 7.68. The van der Waals surface area contributed by atoms with Gasteiger partial charge in [-0.15, -0.1) is 0 Å². The van der Waals surface area contributed by atoms with Crippen molar-refractivity contribution < 1.29 is 23.8 Å². The molecule has 1 aromatic heterocycles. The molecule has 2 aliphatic heterocycles. The van der Waals surface area contributed by atoms with Crippen molar-refractivity contribution in [1.29, 1.82) is 0 Å². The molecule has 7 heteroatoms. The number of aliphatic hydroxyl groups is 1. The maximum Gasteiger partial charge on any atom is 0.300 e. The average molecular weight is 529 g/mol. The summed E-state index contributed by atoms with van der Waals surface area (Å²) in [5, 5.41) is 11.3. The SMILES string of the molecule is CCCCCOc1ccc(/C(O)=C2/C(=O)C(=O)N(c3ccc(N4CCC(C)CC4)cc3)C2c2ccco2)cc1. The lowest BCUT2D eigenvalue weighted by molar-refractivity contribution is -0.132. The summed E-state index contributed by atoms with van der Waals surface area (Å²) in [6, 6.07) is 17.2. The third-order valence-corrected chi connectivity index (χ3v) is 7.68. The quantitative estimate of drug-likeness (QED) is 0.144. The van der Waals surface area contributed by atoms with Crippen LogP contribution in [0.15, 0.2) is 76.9 Å². The number of hydrogen-bond acceptors (Lipinski definition) is 6. The molecule has 3 heterocycles. The fourth-order valence-electron chi connectivity index (χ4n) is 5.31. The van der Waals surface area contributed by atoms with E-state index in [1.165, 1.54) is 11.2 Å². The molecule has 0 aliphatic carbocycles. The van der Waals surface area contributed by atoms with Gasteiger partial charge in [-0.2, -0.15) is 0 Å². The Morgan fingerprint density at radius 1 is 0.974 bits per heavy atom. The molecular weight excluding hydrogens is 492 g/mol. The predicted molar refractivity (Wildman–Crippen MR) is 152 cm³/mol. The van der Waals surface area contributed by atoms with Crippen LogP contribution in [-0.2, 0) is 9.59 Å². The number of amides is 1. The summed E-state index contributed by atoms with van der Waals surface area (Å²) in [6.07, 6.45) is 7.00. The number of rotatable bonds is 9. The van der Waals surface area contributed by atoms with Gasteiger partial charge in [0.15, 0.2) is 0 Å². The molecule has 1 unspecified atom stereocenters. The number of carbonyl (C=O) groups excluding carboxylic acids is 2. The minimum absolute atomic E-state index is 0.000610. The lowest BCUT2D eigenvalue weighted by Crippen LogP contribution is -2.33. The normalized spacial score (nSPS) is 19.6. The number of ketones is 1. The summed E-state index contributed by atoms with van der Waals surface area (Å²) in [5.41, 5.74) is 2.09. The average Bonchev–Trinajstić information content (AvgIpc) is 3.58. The van der Waals surface area contributed by atoms with E-state index in [2.05, 4.69) is 18.7 Å². The molecule has 1 N–H and O–H groups in total. The maximum atomic E-state index is 13.4. The van der Waals surface area contributed by atoms with E-state index in [0.717, 1.165) is 56.8 Å². The van der Waals surface area contributed by atoms with Crippen LogP contribution in [0.3, 0.4) is 0 Å². The fourth-order valence-corrected chi connectivity index (χ4v) is 5.31. The Bertz CT molecular complexity index is 1300. The molecule has 0 spiro atoms. The van der Waals surface area contributed by atoms with E-state index in [4.69, 9.17) is 9.15 Å². The lowest BCUT2D eigenvalue weighted by atomic mass is 9.98. The van der Waals surface area contributed by atoms with E-state index in [1.807, 2.05) is 24.3 Å². The van der Waals surface area contributed by atoms with E-state index in [9.17, 15) is 14.7 Å². The van der Waals surface area contributed by atoms with Gasteiger partial charge in [0.05, 0.1) is 18.4 Å². The Kier molecular flexibility index (Phi) is 8.05. The number of benzene rings is 2. The first-order chi connectivity index (χ1) is 19.0. The number of furan rings is 1. The van der Waals surface area contributed by atoms with E-state index >= 15 is 0 Å². The van der Waals surface area contributed by atoms with Crippen molar-refractivity contribution in [2.75, 3.05) is 29.5 Å². The van der Waals surface area contributed by atoms with Crippen molar-refractivity contribution >= 4 is 28.8 Å². The van der Waals surface area contributed by atoms with Crippen LogP contribution in [-0.4, -0.2) is 36.5 Å². The largest absolute Gasteiger partial charge is 0.507 e. The second-order valence-electron chi connectivity index (χ2n) is 10.5. The molecule has 2 aromatic carbocycles. The standard InChI is InChI=1S/C32H36N2O5/c1-3-4-5-20-38-26-14-8-23(9-15-26)30(35)28-29(27-7-6-21-39-27)34(32(37)31(28)36)25-12-10-24(11-13-25)33-18-16-22(2)17-19-33/h6-15,21-22,29,35H,3-5,16-20H2,1-2H3/b30-28-. The van der Waals surface area contributed by atoms with Gasteiger partial charge in [-0.1, -0.05) is 26.7 Å². The van der Waals surface area contributed by atoms with Gasteiger partial charge in [-0.25, -0.2) is 0 Å². The first-order valence-corrected chi connectivity index (χ1v) is 13.9. The highest BCUT2D eigenvalue weighted by Gasteiger charge is 2.48. The number of nitrogens with zero attached hydrogens (tertiary/aromatic N) is 2. The maximum absolute atomic E-state index is 13.4. The molecule has 204 valence electrons. The molecule has 2 saturated heterocycles. The van der Waals surface area contributed by atoms with Crippen molar-refractivity contribution in [1.82, 2.24) is 0 Å². The van der Waals surface area contributed by atoms with Gasteiger partial charge in [-0.05, 0) is 85.8 Å². The number of unbranched alkanes of at least 4 members (excludes halogenated alkanes) is 2. The van der Waals surface area contributed by atoms with Crippen LogP contribution in [0.2, 0.25) is 0 Å². The molecule has 1 amide bonds. The summed E-state index contributed by atoms with van der Waals surface area (Å²) >= 11 is 0. The van der Waals surface area contributed by atoms with Crippen molar-refractivity contribution in [2.45, 2.75) is 52.0 Å². The minimum atomic E-state index is -0.883. The van der Waals surface area contributed by atoms with E-state index < -0.39 is 17.7 Å². The van der Waals surface area contributed by atoms with Crippen LogP contribution >= 0.6 is 0 Å². The molecule has 7 nitrogen and oxygen atoms in total. The monoisotopic (exact) mass is 528 g/mol. The first kappa shape index (κ1) is 26.6. The van der Waals surface area contributed by atoms with Crippen LogP contribution in [0.25, 0.3) is 5.76 Å². The third kappa shape index (κ3) is 5.58. The Balaban J connectivity index is 1.44. The second kappa shape index (κ2) is 11.8. The van der Waals surface area contributed by atoms with Gasteiger partial charge in [0.2, 0.25) is 0 Å². The first-order valence-electron chi connectivity index (χ1n) is 13.9. The van der Waals surface area contributed by atoms with Crippen LogP contribution < -0.4 is 14.5 Å². The highest BCUT2D eigenvalue weighted by atomic mass is 16.5. The molecule has 39 heavy (non-hydrogen) atoms. The Morgan fingerprint density at radius 2 is 1.67 bits per heavy atom. The molecule has 0 saturated carbocycles. The highest BCUT2D eigenvalue weighted by Crippen LogP contribution is 2.42. The number of anilines is 2. The Morgan fingerprint density at radius 3 is 2.31 bits per heavy atom. The summed E-state index contributed by atoms with van der Waals surface area (Å²) in [4.78, 5) is 30.5. The summed E-state index contributed by atoms with van der Waals surface area (Å²) in [5.74, 6) is 0.134. The van der Waals surface area contributed by atoms with Gasteiger partial charge < -0.3 is 19.2 Å². The topological polar surface area (TPSA) is 83.2 Å². The molecule has 0 radical (unpaired) electrons. The molecule has 5 rings (SSSR count). The fraction of sp³-hybridized carbons (Fsp3) is 0.375. The van der Waals surface area contributed by atoms with Crippen LogP contribution in [0.1, 0.15) is 63.3 Å². The van der Waals surface area contributed by atoms with Crippen molar-refractivity contribution in [3.8, 4) is 5.75 Å². The number of aliphatic hydroxyl groups excluding tert-OH is 1. The van der Waals surface area contributed by atoms with Gasteiger partial charge in [-0.3, -0.25) is 14.5 Å². The number of carbonyl (C=O) groups is 2. The molecular formula is C32H36N2O5. The van der Waals surface area contributed by atoms with E-state index in [1.54, 1.807) is 36.4 Å². The number of hydrogen-bond donors (Lipinski definition) is 1. The van der Waals surface area contributed by atoms with Gasteiger partial charge >= 0.3 is 0 Å². The minimum Gasteiger partial charge on any atom is -0.507 e. The second-order valence-corrected chi connectivity index (χ2v) is 10.5. The van der Waals surface area contributed by atoms with Crippen molar-refractivity contribution in [3.63, 3.8) is 0 Å².